The molecule has 0 spiro atoms. The minimum absolute atomic E-state index is 0.312. The molecule has 0 bridgehead atoms. The summed E-state index contributed by atoms with van der Waals surface area (Å²) >= 11 is 3.60. The lowest BCUT2D eigenvalue weighted by molar-refractivity contribution is -0.117. The Kier molecular flexibility index (Phi) is 6.92. The second-order valence-corrected chi connectivity index (χ2v) is 5.85. The molecule has 5 heteroatoms. The van der Waals surface area contributed by atoms with Gasteiger partial charge in [0.05, 0.1) is 5.88 Å². The molecule has 1 rings (SSSR count). The second-order valence-electron chi connectivity index (χ2n) is 3.54. The number of hydrogen-bond donors (Lipinski definition) is 1. The van der Waals surface area contributed by atoms with Crippen molar-refractivity contribution in [2.24, 2.45) is 5.10 Å². The van der Waals surface area contributed by atoms with Crippen LogP contribution in [0, 0.1) is 0 Å². The topological polar surface area (TPSA) is 41.5 Å². The fourth-order valence-corrected chi connectivity index (χ4v) is 3.08. The van der Waals surface area contributed by atoms with Crippen LogP contribution in [0.5, 0.6) is 0 Å². The molecule has 0 aromatic heterocycles. The Labute approximate surface area is 99.8 Å². The molecule has 0 amide bonds. The average molecular weight is 246 g/mol. The maximum absolute atomic E-state index is 10.7. The van der Waals surface area contributed by atoms with Crippen molar-refractivity contribution >= 4 is 33.7 Å². The molecule has 0 aromatic rings. The van der Waals surface area contributed by atoms with Gasteiger partial charge in [0, 0.05) is 12.2 Å². The predicted octanol–water partition coefficient (Wildman–Crippen LogP) is 2.82. The number of nitrogens with zero attached hydrogens (tertiary/aromatic N) is 1. The van der Waals surface area contributed by atoms with E-state index >= 15 is 0 Å². The lowest BCUT2D eigenvalue weighted by Gasteiger charge is -1.99. The Morgan fingerprint density at radius 1 is 1.47 bits per heavy atom. The summed E-state index contributed by atoms with van der Waals surface area (Å²) < 4.78 is 1.17. The van der Waals surface area contributed by atoms with Crippen molar-refractivity contribution in [2.45, 2.75) is 39.0 Å². The SMILES string of the molecule is CC(=O)CCCCCCSC1=NNCS1. The van der Waals surface area contributed by atoms with Gasteiger partial charge < -0.3 is 4.79 Å². The van der Waals surface area contributed by atoms with Crippen LogP contribution in [0.3, 0.4) is 0 Å². The van der Waals surface area contributed by atoms with Crippen LogP contribution in [-0.4, -0.2) is 21.8 Å². The highest BCUT2D eigenvalue weighted by atomic mass is 32.2. The third kappa shape index (κ3) is 6.84. The molecular weight excluding hydrogens is 228 g/mol. The van der Waals surface area contributed by atoms with Gasteiger partial charge in [0.1, 0.15) is 5.78 Å². The predicted molar refractivity (Wildman–Crippen MR) is 69.3 cm³/mol. The lowest BCUT2D eigenvalue weighted by Crippen LogP contribution is -1.93. The number of ketones is 1. The summed E-state index contributed by atoms with van der Waals surface area (Å²) in [5.74, 6) is 2.38. The number of carbonyl (C=O) groups excluding carboxylic acids is 1. The second kappa shape index (κ2) is 8.05. The van der Waals surface area contributed by atoms with Crippen LogP contribution >= 0.6 is 23.5 Å². The molecule has 0 atom stereocenters. The van der Waals surface area contributed by atoms with Crippen LogP contribution in [0.25, 0.3) is 0 Å². The molecule has 0 radical (unpaired) electrons. The molecule has 0 aromatic carbocycles. The molecule has 15 heavy (non-hydrogen) atoms. The number of nitrogens with one attached hydrogen (secondary N) is 1. The van der Waals surface area contributed by atoms with Crippen LogP contribution in [0.2, 0.25) is 0 Å². The molecular formula is C10H18N2OS2. The average Bonchev–Trinajstić information content (AvgIpc) is 2.68. The first-order valence-corrected chi connectivity index (χ1v) is 7.32. The Balaban J connectivity index is 1.82. The fourth-order valence-electron chi connectivity index (χ4n) is 1.29. The molecule has 0 saturated heterocycles. The first-order chi connectivity index (χ1) is 7.29. The van der Waals surface area contributed by atoms with Gasteiger partial charge in [-0.3, -0.25) is 5.43 Å². The highest BCUT2D eigenvalue weighted by Gasteiger charge is 2.06. The van der Waals surface area contributed by atoms with Crippen molar-refractivity contribution in [1.29, 1.82) is 0 Å². The smallest absolute Gasteiger partial charge is 0.151 e. The monoisotopic (exact) mass is 246 g/mol. The maximum Gasteiger partial charge on any atom is 0.151 e. The Hall–Kier alpha value is -0.160. The summed E-state index contributed by atoms with van der Waals surface area (Å²) in [6, 6.07) is 0. The molecule has 1 heterocycles. The van der Waals surface area contributed by atoms with Crippen molar-refractivity contribution < 1.29 is 4.79 Å². The van der Waals surface area contributed by atoms with E-state index in [0.717, 1.165) is 24.5 Å². The van der Waals surface area contributed by atoms with Gasteiger partial charge in [-0.25, -0.2) is 0 Å². The van der Waals surface area contributed by atoms with Crippen molar-refractivity contribution in [3.8, 4) is 0 Å². The van der Waals surface area contributed by atoms with Crippen LogP contribution in [0.4, 0.5) is 0 Å². The molecule has 1 aliphatic heterocycles. The van der Waals surface area contributed by atoms with Gasteiger partial charge >= 0.3 is 0 Å². The van der Waals surface area contributed by atoms with Crippen molar-refractivity contribution in [3.05, 3.63) is 0 Å². The standard InChI is InChI=1S/C10H18N2OS2/c1-9(13)6-4-2-3-5-7-14-10-12-11-8-15-10/h11H,2-8H2,1H3. The third-order valence-electron chi connectivity index (χ3n) is 2.08. The number of thioether (sulfide) groups is 2. The van der Waals surface area contributed by atoms with E-state index in [9.17, 15) is 4.79 Å². The molecule has 0 fully saturated rings. The summed E-state index contributed by atoms with van der Waals surface area (Å²) in [5.41, 5.74) is 2.94. The summed E-state index contributed by atoms with van der Waals surface area (Å²) in [7, 11) is 0. The summed E-state index contributed by atoms with van der Waals surface area (Å²) in [6.07, 6.45) is 5.43. The zero-order valence-electron chi connectivity index (χ0n) is 9.12. The highest BCUT2D eigenvalue weighted by molar-refractivity contribution is 8.39. The van der Waals surface area contributed by atoms with Gasteiger partial charge in [-0.15, -0.1) is 0 Å². The normalized spacial score (nSPS) is 14.9. The first kappa shape index (κ1) is 12.9. The summed E-state index contributed by atoms with van der Waals surface area (Å²) in [6.45, 7) is 1.66. The van der Waals surface area contributed by atoms with E-state index in [0.29, 0.717) is 5.78 Å². The van der Waals surface area contributed by atoms with Gasteiger partial charge in [-0.1, -0.05) is 36.4 Å². The number of hydrogen-bond acceptors (Lipinski definition) is 5. The maximum atomic E-state index is 10.7. The highest BCUT2D eigenvalue weighted by Crippen LogP contribution is 2.21. The summed E-state index contributed by atoms with van der Waals surface area (Å²) in [4.78, 5) is 10.7. The summed E-state index contributed by atoms with van der Waals surface area (Å²) in [5, 5.41) is 4.14. The van der Waals surface area contributed by atoms with Crippen LogP contribution in [0.1, 0.15) is 39.0 Å². The van der Waals surface area contributed by atoms with E-state index in [4.69, 9.17) is 0 Å². The molecule has 0 saturated carbocycles. The van der Waals surface area contributed by atoms with Gasteiger partial charge in [-0.05, 0) is 19.8 Å². The number of carbonyl (C=O) groups is 1. The van der Waals surface area contributed by atoms with E-state index in [-0.39, 0.29) is 0 Å². The van der Waals surface area contributed by atoms with E-state index in [2.05, 4.69) is 10.5 Å². The zero-order valence-corrected chi connectivity index (χ0v) is 10.8. The van der Waals surface area contributed by atoms with Gasteiger partial charge in [0.15, 0.2) is 4.38 Å². The fraction of sp³-hybridized carbons (Fsp3) is 0.800. The van der Waals surface area contributed by atoms with E-state index < -0.39 is 0 Å². The van der Waals surface area contributed by atoms with Crippen molar-refractivity contribution in [2.75, 3.05) is 11.6 Å². The van der Waals surface area contributed by atoms with Crippen molar-refractivity contribution in [1.82, 2.24) is 5.43 Å². The molecule has 86 valence electrons. The van der Waals surface area contributed by atoms with Gasteiger partial charge in [-0.2, -0.15) is 5.10 Å². The number of unbranched alkanes of at least 4 members (excludes halogenated alkanes) is 3. The zero-order chi connectivity index (χ0) is 10.9. The molecule has 1 aliphatic rings. The van der Waals surface area contributed by atoms with Gasteiger partial charge in [0.25, 0.3) is 0 Å². The number of rotatable bonds is 7. The minimum atomic E-state index is 0.312. The van der Waals surface area contributed by atoms with Crippen LogP contribution in [-0.2, 0) is 4.79 Å². The molecule has 1 N–H and O–H groups in total. The molecule has 0 unspecified atom stereocenters. The van der Waals surface area contributed by atoms with Gasteiger partial charge in [0.2, 0.25) is 0 Å². The Morgan fingerprint density at radius 2 is 2.27 bits per heavy atom. The largest absolute Gasteiger partial charge is 0.300 e. The van der Waals surface area contributed by atoms with Crippen molar-refractivity contribution in [3.63, 3.8) is 0 Å². The lowest BCUT2D eigenvalue weighted by atomic mass is 10.1. The number of hydrazone groups is 1. The van der Waals surface area contributed by atoms with E-state index in [1.165, 1.54) is 23.6 Å². The molecule has 3 nitrogen and oxygen atoms in total. The molecule has 0 aliphatic carbocycles. The number of Topliss-reactive ketones (excluding diaryl/α,β-unsaturated/α-hetero) is 1. The van der Waals surface area contributed by atoms with Crippen LogP contribution in [0.15, 0.2) is 5.10 Å². The Morgan fingerprint density at radius 3 is 2.93 bits per heavy atom. The quantitative estimate of drug-likeness (QED) is 0.701. The van der Waals surface area contributed by atoms with Crippen LogP contribution < -0.4 is 5.43 Å². The van der Waals surface area contributed by atoms with E-state index in [1.54, 1.807) is 18.7 Å². The van der Waals surface area contributed by atoms with E-state index in [1.807, 2.05) is 11.8 Å². The third-order valence-corrected chi connectivity index (χ3v) is 4.23. The Bertz CT molecular complexity index is 231. The first-order valence-electron chi connectivity index (χ1n) is 5.34. The minimum Gasteiger partial charge on any atom is -0.300 e.